The van der Waals surface area contributed by atoms with Crippen LogP contribution in [0.25, 0.3) is 0 Å². The van der Waals surface area contributed by atoms with Gasteiger partial charge in [-0.25, -0.2) is 4.68 Å². The summed E-state index contributed by atoms with van der Waals surface area (Å²) < 4.78 is 39.5. The minimum Gasteiger partial charge on any atom is -0.366 e. The normalized spacial score (nSPS) is 23.1. The molecule has 1 aromatic rings. The van der Waals surface area contributed by atoms with Crippen LogP contribution in [0, 0.1) is 0 Å². The van der Waals surface area contributed by atoms with E-state index >= 15 is 0 Å². The predicted octanol–water partition coefficient (Wildman–Crippen LogP) is 1.96. The highest BCUT2D eigenvalue weighted by atomic mass is 19.4. The summed E-state index contributed by atoms with van der Waals surface area (Å²) >= 11 is 0. The number of nitrogens with zero attached hydrogens (tertiary/aromatic N) is 2. The zero-order chi connectivity index (χ0) is 15.6. The minimum absolute atomic E-state index is 0.0428. The van der Waals surface area contributed by atoms with Gasteiger partial charge in [0, 0.05) is 24.7 Å². The number of rotatable bonds is 3. The Morgan fingerprint density at radius 1 is 1.38 bits per heavy atom. The van der Waals surface area contributed by atoms with Crippen LogP contribution in [0.2, 0.25) is 0 Å². The van der Waals surface area contributed by atoms with Gasteiger partial charge >= 0.3 is 6.18 Å². The number of halogens is 3. The lowest BCUT2D eigenvalue weighted by molar-refractivity contribution is -0.139. The van der Waals surface area contributed by atoms with Crippen molar-refractivity contribution in [3.8, 4) is 0 Å². The van der Waals surface area contributed by atoms with Crippen LogP contribution >= 0.6 is 0 Å². The molecule has 1 aliphatic carbocycles. The summed E-state index contributed by atoms with van der Waals surface area (Å²) in [5.41, 5.74) is 3.50. The number of nitrogens with one attached hydrogen (secondary N) is 1. The standard InChI is InChI=1S/C13H19F3N4O/c1-2-20-12(21)10(13(14,15)16)7-11(19-20)18-9-5-3-8(17)4-6-9/h7-9H,2-6,17H2,1H3,(H,18,19). The highest BCUT2D eigenvalue weighted by molar-refractivity contribution is 5.38. The van der Waals surface area contributed by atoms with Crippen LogP contribution in [0.3, 0.4) is 0 Å². The number of hydrogen-bond donors (Lipinski definition) is 2. The van der Waals surface area contributed by atoms with E-state index < -0.39 is 17.3 Å². The maximum Gasteiger partial charge on any atom is 0.421 e. The number of nitrogens with two attached hydrogens (primary N) is 1. The first kappa shape index (κ1) is 15.8. The molecule has 2 rings (SSSR count). The molecule has 0 unspecified atom stereocenters. The Bertz CT molecular complexity index is 547. The van der Waals surface area contributed by atoms with E-state index in [1.165, 1.54) is 0 Å². The van der Waals surface area contributed by atoms with Crippen molar-refractivity contribution in [3.05, 3.63) is 22.0 Å². The monoisotopic (exact) mass is 304 g/mol. The van der Waals surface area contributed by atoms with Gasteiger partial charge in [-0.3, -0.25) is 4.79 Å². The molecular weight excluding hydrogens is 285 g/mol. The van der Waals surface area contributed by atoms with Gasteiger partial charge in [0.1, 0.15) is 11.4 Å². The van der Waals surface area contributed by atoms with Gasteiger partial charge in [0.25, 0.3) is 5.56 Å². The third-order valence-corrected chi connectivity index (χ3v) is 3.70. The molecule has 0 saturated heterocycles. The van der Waals surface area contributed by atoms with Crippen molar-refractivity contribution in [2.75, 3.05) is 5.32 Å². The molecule has 5 nitrogen and oxygen atoms in total. The molecule has 21 heavy (non-hydrogen) atoms. The fourth-order valence-corrected chi connectivity index (χ4v) is 2.50. The number of anilines is 1. The zero-order valence-electron chi connectivity index (χ0n) is 11.8. The summed E-state index contributed by atoms with van der Waals surface area (Å²) in [4.78, 5) is 11.7. The van der Waals surface area contributed by atoms with Crippen molar-refractivity contribution in [3.63, 3.8) is 0 Å². The van der Waals surface area contributed by atoms with E-state index in [-0.39, 0.29) is 24.4 Å². The van der Waals surface area contributed by atoms with Crippen LogP contribution in [0.15, 0.2) is 10.9 Å². The van der Waals surface area contributed by atoms with Gasteiger partial charge in [0.05, 0.1) is 0 Å². The molecule has 0 aromatic carbocycles. The summed E-state index contributed by atoms with van der Waals surface area (Å²) in [6, 6.07) is 0.996. The van der Waals surface area contributed by atoms with Gasteiger partial charge in [-0.1, -0.05) is 0 Å². The zero-order valence-corrected chi connectivity index (χ0v) is 11.8. The third kappa shape index (κ3) is 3.75. The van der Waals surface area contributed by atoms with Crippen molar-refractivity contribution in [1.82, 2.24) is 9.78 Å². The molecule has 1 heterocycles. The number of alkyl halides is 3. The molecule has 0 atom stereocenters. The molecule has 8 heteroatoms. The second kappa shape index (κ2) is 6.05. The lowest BCUT2D eigenvalue weighted by atomic mass is 9.92. The average molecular weight is 304 g/mol. The lowest BCUT2D eigenvalue weighted by Crippen LogP contribution is -2.35. The summed E-state index contributed by atoms with van der Waals surface area (Å²) in [6.45, 7) is 1.67. The van der Waals surface area contributed by atoms with E-state index in [0.717, 1.165) is 36.4 Å². The molecule has 0 bridgehead atoms. The highest BCUT2D eigenvalue weighted by Gasteiger charge is 2.35. The van der Waals surface area contributed by atoms with E-state index in [1.54, 1.807) is 6.92 Å². The maximum absolute atomic E-state index is 12.9. The Morgan fingerprint density at radius 3 is 2.52 bits per heavy atom. The van der Waals surface area contributed by atoms with Crippen molar-refractivity contribution in [2.24, 2.45) is 5.73 Å². The van der Waals surface area contributed by atoms with E-state index in [9.17, 15) is 18.0 Å². The van der Waals surface area contributed by atoms with E-state index in [4.69, 9.17) is 5.73 Å². The molecular formula is C13H19F3N4O. The first-order chi connectivity index (χ1) is 9.81. The summed E-state index contributed by atoms with van der Waals surface area (Å²) in [6.07, 6.45) is -1.44. The van der Waals surface area contributed by atoms with Gasteiger partial charge in [0.15, 0.2) is 0 Å². The topological polar surface area (TPSA) is 72.9 Å². The summed E-state index contributed by atoms with van der Waals surface area (Å²) in [7, 11) is 0. The fourth-order valence-electron chi connectivity index (χ4n) is 2.50. The lowest BCUT2D eigenvalue weighted by Gasteiger charge is -2.27. The van der Waals surface area contributed by atoms with Crippen LogP contribution in [-0.2, 0) is 12.7 Å². The largest absolute Gasteiger partial charge is 0.421 e. The Balaban J connectivity index is 2.25. The van der Waals surface area contributed by atoms with Crippen LogP contribution < -0.4 is 16.6 Å². The maximum atomic E-state index is 12.9. The number of hydrogen-bond acceptors (Lipinski definition) is 4. The summed E-state index contributed by atoms with van der Waals surface area (Å²) in [5.74, 6) is 0.0873. The van der Waals surface area contributed by atoms with Gasteiger partial charge in [0.2, 0.25) is 0 Å². The van der Waals surface area contributed by atoms with Crippen molar-refractivity contribution in [1.29, 1.82) is 0 Å². The Morgan fingerprint density at radius 2 is 2.00 bits per heavy atom. The second-order valence-electron chi connectivity index (χ2n) is 5.32. The number of aromatic nitrogens is 2. The molecule has 0 amide bonds. The molecule has 1 aliphatic rings. The molecule has 0 aliphatic heterocycles. The Labute approximate surface area is 120 Å². The Kier molecular flexibility index (Phi) is 4.55. The minimum atomic E-state index is -4.68. The molecule has 118 valence electrons. The Hall–Kier alpha value is -1.57. The van der Waals surface area contributed by atoms with Crippen LogP contribution in [0.5, 0.6) is 0 Å². The van der Waals surface area contributed by atoms with Crippen molar-refractivity contribution < 1.29 is 13.2 Å². The molecule has 1 fully saturated rings. The highest BCUT2D eigenvalue weighted by Crippen LogP contribution is 2.28. The van der Waals surface area contributed by atoms with E-state index in [1.807, 2.05) is 0 Å². The van der Waals surface area contributed by atoms with E-state index in [2.05, 4.69) is 10.4 Å². The molecule has 0 radical (unpaired) electrons. The first-order valence-corrected chi connectivity index (χ1v) is 7.02. The van der Waals surface area contributed by atoms with Crippen LogP contribution in [0.4, 0.5) is 19.0 Å². The fraction of sp³-hybridized carbons (Fsp3) is 0.692. The average Bonchev–Trinajstić information content (AvgIpc) is 2.42. The van der Waals surface area contributed by atoms with Gasteiger partial charge in [-0.2, -0.15) is 18.3 Å². The summed E-state index contributed by atoms with van der Waals surface area (Å²) in [5, 5.41) is 6.93. The van der Waals surface area contributed by atoms with Gasteiger partial charge in [-0.05, 0) is 32.6 Å². The second-order valence-corrected chi connectivity index (χ2v) is 5.32. The first-order valence-electron chi connectivity index (χ1n) is 7.02. The van der Waals surface area contributed by atoms with Crippen molar-refractivity contribution >= 4 is 5.82 Å². The van der Waals surface area contributed by atoms with Gasteiger partial charge < -0.3 is 11.1 Å². The van der Waals surface area contributed by atoms with Gasteiger partial charge in [-0.15, -0.1) is 0 Å². The SMILES string of the molecule is CCn1nc(NC2CCC(N)CC2)cc(C(F)(F)F)c1=O. The third-order valence-electron chi connectivity index (χ3n) is 3.70. The number of aryl methyl sites for hydroxylation is 1. The van der Waals surface area contributed by atoms with Crippen LogP contribution in [0.1, 0.15) is 38.2 Å². The predicted molar refractivity (Wildman–Crippen MR) is 73.0 cm³/mol. The van der Waals surface area contributed by atoms with E-state index in [0.29, 0.717) is 0 Å². The quantitative estimate of drug-likeness (QED) is 0.895. The smallest absolute Gasteiger partial charge is 0.366 e. The molecule has 1 aromatic heterocycles. The van der Waals surface area contributed by atoms with Crippen LogP contribution in [-0.4, -0.2) is 21.9 Å². The molecule has 1 saturated carbocycles. The molecule has 0 spiro atoms. The van der Waals surface area contributed by atoms with Crippen molar-refractivity contribution in [2.45, 2.75) is 57.4 Å². The molecule has 3 N–H and O–H groups in total.